The van der Waals surface area contributed by atoms with Crippen LogP contribution in [0.5, 0.6) is 0 Å². The maximum absolute atomic E-state index is 13.2. The molecule has 1 aliphatic carbocycles. The Hall–Kier alpha value is -1.79. The lowest BCUT2D eigenvalue weighted by atomic mass is 9.95. The van der Waals surface area contributed by atoms with Gasteiger partial charge >= 0.3 is 0 Å². The fourth-order valence-corrected chi connectivity index (χ4v) is 5.21. The molecule has 1 unspecified atom stereocenters. The number of nitrogens with one attached hydrogen (secondary N) is 1. The van der Waals surface area contributed by atoms with Gasteiger partial charge in [0.1, 0.15) is 6.04 Å². The maximum atomic E-state index is 13.2. The molecule has 2 aromatic rings. The van der Waals surface area contributed by atoms with Gasteiger partial charge in [0.2, 0.25) is 11.8 Å². The molecule has 1 N–H and O–H groups in total. The molecule has 31 heavy (non-hydrogen) atoms. The van der Waals surface area contributed by atoms with Crippen molar-refractivity contribution in [3.63, 3.8) is 0 Å². The van der Waals surface area contributed by atoms with Crippen LogP contribution >= 0.6 is 27.7 Å². The lowest BCUT2D eigenvalue weighted by molar-refractivity contribution is -0.139. The molecular weight excluding hydrogens is 472 g/mol. The van der Waals surface area contributed by atoms with E-state index in [1.807, 2.05) is 49.4 Å². The zero-order chi connectivity index (χ0) is 22.1. The van der Waals surface area contributed by atoms with Crippen molar-refractivity contribution in [3.05, 3.63) is 70.2 Å². The van der Waals surface area contributed by atoms with Crippen LogP contribution in [-0.2, 0) is 21.9 Å². The van der Waals surface area contributed by atoms with Gasteiger partial charge in [-0.05, 0) is 43.0 Å². The van der Waals surface area contributed by atoms with Crippen molar-refractivity contribution in [3.8, 4) is 0 Å². The van der Waals surface area contributed by atoms with Crippen LogP contribution in [0.25, 0.3) is 0 Å². The average molecular weight is 504 g/mol. The predicted octanol–water partition coefficient (Wildman–Crippen LogP) is 5.55. The van der Waals surface area contributed by atoms with E-state index >= 15 is 0 Å². The van der Waals surface area contributed by atoms with Gasteiger partial charge in [0.25, 0.3) is 0 Å². The van der Waals surface area contributed by atoms with Crippen LogP contribution in [-0.4, -0.2) is 34.6 Å². The number of hydrogen-bond acceptors (Lipinski definition) is 3. The highest BCUT2D eigenvalue weighted by Gasteiger charge is 2.28. The van der Waals surface area contributed by atoms with Crippen LogP contribution in [0.1, 0.15) is 50.2 Å². The molecule has 0 heterocycles. The minimum atomic E-state index is -0.509. The van der Waals surface area contributed by atoms with E-state index in [4.69, 9.17) is 0 Å². The number of thioether (sulfide) groups is 1. The number of benzene rings is 2. The molecular formula is C25H31BrN2O2S. The van der Waals surface area contributed by atoms with Gasteiger partial charge in [-0.15, -0.1) is 11.8 Å². The second-order valence-electron chi connectivity index (χ2n) is 8.15. The Morgan fingerprint density at radius 2 is 1.77 bits per heavy atom. The van der Waals surface area contributed by atoms with E-state index in [2.05, 4.69) is 33.4 Å². The number of amides is 2. The number of halogens is 1. The van der Waals surface area contributed by atoms with Crippen LogP contribution < -0.4 is 5.32 Å². The summed E-state index contributed by atoms with van der Waals surface area (Å²) in [5, 5.41) is 3.18. The molecule has 1 fully saturated rings. The fraction of sp³-hybridized carbons (Fsp3) is 0.440. The summed E-state index contributed by atoms with van der Waals surface area (Å²) in [5.74, 6) is 1.07. The van der Waals surface area contributed by atoms with Crippen LogP contribution in [0.15, 0.2) is 59.1 Å². The molecule has 0 radical (unpaired) electrons. The summed E-state index contributed by atoms with van der Waals surface area (Å²) in [6.07, 6.45) is 5.64. The molecule has 0 spiro atoms. The van der Waals surface area contributed by atoms with Crippen LogP contribution in [0.4, 0.5) is 0 Å². The number of nitrogens with zero attached hydrogens (tertiary/aromatic N) is 1. The summed E-state index contributed by atoms with van der Waals surface area (Å²) < 4.78 is 0.968. The third kappa shape index (κ3) is 7.69. The first-order valence-corrected chi connectivity index (χ1v) is 12.9. The second-order valence-corrected chi connectivity index (χ2v) is 10.1. The first kappa shape index (κ1) is 23.9. The van der Waals surface area contributed by atoms with E-state index < -0.39 is 6.04 Å². The van der Waals surface area contributed by atoms with Gasteiger partial charge in [0, 0.05) is 22.8 Å². The van der Waals surface area contributed by atoms with Gasteiger partial charge in [-0.3, -0.25) is 9.59 Å². The highest BCUT2D eigenvalue weighted by molar-refractivity contribution is 9.10. The van der Waals surface area contributed by atoms with Crippen molar-refractivity contribution < 1.29 is 9.59 Å². The van der Waals surface area contributed by atoms with Crippen molar-refractivity contribution in [2.24, 2.45) is 0 Å². The van der Waals surface area contributed by atoms with Crippen molar-refractivity contribution in [2.75, 3.05) is 5.75 Å². The van der Waals surface area contributed by atoms with E-state index in [0.717, 1.165) is 41.5 Å². The highest BCUT2D eigenvalue weighted by atomic mass is 79.9. The van der Waals surface area contributed by atoms with Crippen LogP contribution in [0, 0.1) is 0 Å². The molecule has 0 bridgehead atoms. The fourth-order valence-electron chi connectivity index (χ4n) is 3.90. The lowest BCUT2D eigenvalue weighted by Gasteiger charge is -2.31. The summed E-state index contributed by atoms with van der Waals surface area (Å²) in [5.41, 5.74) is 2.20. The molecule has 1 aliphatic rings. The van der Waals surface area contributed by atoms with Crippen LogP contribution in [0.3, 0.4) is 0 Å². The molecule has 1 saturated carbocycles. The first-order chi connectivity index (χ1) is 15.0. The Labute approximate surface area is 198 Å². The molecule has 0 saturated heterocycles. The Balaban J connectivity index is 1.65. The van der Waals surface area contributed by atoms with Gasteiger partial charge in [-0.2, -0.15) is 0 Å². The summed E-state index contributed by atoms with van der Waals surface area (Å²) in [4.78, 5) is 27.9. The van der Waals surface area contributed by atoms with Gasteiger partial charge in [-0.1, -0.05) is 77.7 Å². The molecule has 6 heteroatoms. The van der Waals surface area contributed by atoms with Crippen LogP contribution in [0.2, 0.25) is 0 Å². The standard InChI is InChI=1S/C25H31BrN2O2S/c1-19(25(30)27-23-13-6-3-7-14-23)28(16-21-11-8-12-22(26)15-21)24(29)18-31-17-20-9-4-2-5-10-20/h2,4-5,8-12,15,19,23H,3,6-7,13-14,16-18H2,1H3,(H,27,30). The van der Waals surface area contributed by atoms with E-state index in [9.17, 15) is 9.59 Å². The Morgan fingerprint density at radius 1 is 1.06 bits per heavy atom. The normalized spacial score (nSPS) is 15.3. The third-order valence-electron chi connectivity index (χ3n) is 5.70. The van der Waals surface area contributed by atoms with E-state index in [1.165, 1.54) is 12.0 Å². The minimum absolute atomic E-state index is 0.00722. The molecule has 3 rings (SSSR count). The van der Waals surface area contributed by atoms with Gasteiger partial charge < -0.3 is 10.2 Å². The largest absolute Gasteiger partial charge is 0.352 e. The quantitative estimate of drug-likeness (QED) is 0.488. The summed E-state index contributed by atoms with van der Waals surface area (Å²) in [7, 11) is 0. The zero-order valence-electron chi connectivity index (χ0n) is 18.1. The predicted molar refractivity (Wildman–Crippen MR) is 132 cm³/mol. The van der Waals surface area contributed by atoms with Crippen molar-refractivity contribution in [1.29, 1.82) is 0 Å². The second kappa shape index (κ2) is 12.3. The van der Waals surface area contributed by atoms with E-state index in [0.29, 0.717) is 12.3 Å². The van der Waals surface area contributed by atoms with E-state index in [-0.39, 0.29) is 17.9 Å². The molecule has 0 aliphatic heterocycles. The average Bonchev–Trinajstić information content (AvgIpc) is 2.78. The number of carbonyl (C=O) groups excluding carboxylic acids is 2. The molecule has 0 aromatic heterocycles. The summed E-state index contributed by atoms with van der Waals surface area (Å²) >= 11 is 5.09. The topological polar surface area (TPSA) is 49.4 Å². The summed E-state index contributed by atoms with van der Waals surface area (Å²) in [6.45, 7) is 2.26. The lowest BCUT2D eigenvalue weighted by Crippen LogP contribution is -2.50. The first-order valence-electron chi connectivity index (χ1n) is 11.0. The molecule has 166 valence electrons. The Morgan fingerprint density at radius 3 is 2.48 bits per heavy atom. The SMILES string of the molecule is CC(C(=O)NC1CCCCC1)N(Cc1cccc(Br)c1)C(=O)CSCc1ccccc1. The third-order valence-corrected chi connectivity index (χ3v) is 7.18. The van der Waals surface area contributed by atoms with Gasteiger partial charge in [0.05, 0.1) is 5.75 Å². The number of rotatable bonds is 9. The zero-order valence-corrected chi connectivity index (χ0v) is 20.5. The van der Waals surface area contributed by atoms with E-state index in [1.54, 1.807) is 16.7 Å². The molecule has 1 atom stereocenters. The summed E-state index contributed by atoms with van der Waals surface area (Å²) in [6, 6.07) is 17.8. The van der Waals surface area contributed by atoms with Crippen molar-refractivity contribution in [2.45, 2.75) is 63.4 Å². The number of hydrogen-bond donors (Lipinski definition) is 1. The maximum Gasteiger partial charge on any atom is 0.242 e. The Bertz CT molecular complexity index is 856. The Kier molecular flexibility index (Phi) is 9.47. The van der Waals surface area contributed by atoms with Crippen molar-refractivity contribution >= 4 is 39.5 Å². The van der Waals surface area contributed by atoms with Gasteiger partial charge in [-0.25, -0.2) is 0 Å². The highest BCUT2D eigenvalue weighted by Crippen LogP contribution is 2.20. The monoisotopic (exact) mass is 502 g/mol. The van der Waals surface area contributed by atoms with Crippen molar-refractivity contribution in [1.82, 2.24) is 10.2 Å². The molecule has 2 aromatic carbocycles. The molecule has 4 nitrogen and oxygen atoms in total. The number of carbonyl (C=O) groups is 2. The minimum Gasteiger partial charge on any atom is -0.352 e. The smallest absolute Gasteiger partial charge is 0.242 e. The van der Waals surface area contributed by atoms with Gasteiger partial charge in [0.15, 0.2) is 0 Å². The molecule has 2 amide bonds.